The molecule has 0 saturated carbocycles. The van der Waals surface area contributed by atoms with E-state index in [0.29, 0.717) is 12.3 Å². The number of unbranched alkanes of at least 4 members (excludes halogenated alkanes) is 2. The van der Waals surface area contributed by atoms with Crippen LogP contribution in [0.2, 0.25) is 0 Å². The maximum absolute atomic E-state index is 12.8. The number of carbonyl (C=O) groups is 1. The molecule has 0 aromatic heterocycles. The molecule has 1 atom stereocenters. The van der Waals surface area contributed by atoms with Gasteiger partial charge in [0.25, 0.3) is 0 Å². The Bertz CT molecular complexity index is 836. The van der Waals surface area contributed by atoms with Crippen LogP contribution in [0, 0.1) is 0 Å². The minimum Gasteiger partial charge on any atom is -0.497 e. The lowest BCUT2D eigenvalue weighted by Crippen LogP contribution is -2.48. The van der Waals surface area contributed by atoms with Crippen LogP contribution in [0.5, 0.6) is 5.75 Å². The molecule has 2 N–H and O–H groups in total. The van der Waals surface area contributed by atoms with Gasteiger partial charge in [-0.25, -0.2) is 8.42 Å². The van der Waals surface area contributed by atoms with Crippen molar-refractivity contribution in [3.63, 3.8) is 0 Å². The first kappa shape index (κ1) is 21.9. The Balaban J connectivity index is 2.15. The monoisotopic (exact) mass is 404 g/mol. The second kappa shape index (κ2) is 10.8. The number of nitrogens with one attached hydrogen (secondary N) is 2. The minimum atomic E-state index is -3.85. The third-order valence-electron chi connectivity index (χ3n) is 4.35. The maximum Gasteiger partial charge on any atom is 0.241 e. The molecule has 152 valence electrons. The number of hydrogen-bond acceptors (Lipinski definition) is 4. The zero-order valence-electron chi connectivity index (χ0n) is 16.4. The fourth-order valence-electron chi connectivity index (χ4n) is 2.76. The fourth-order valence-corrected chi connectivity index (χ4v) is 3.95. The number of benzene rings is 2. The molecule has 0 radical (unpaired) electrons. The van der Waals surface area contributed by atoms with Gasteiger partial charge in [-0.3, -0.25) is 4.79 Å². The van der Waals surface area contributed by atoms with Crippen LogP contribution < -0.4 is 14.8 Å². The van der Waals surface area contributed by atoms with Gasteiger partial charge in [-0.2, -0.15) is 4.72 Å². The van der Waals surface area contributed by atoms with Gasteiger partial charge in [-0.15, -0.1) is 0 Å². The van der Waals surface area contributed by atoms with Crippen molar-refractivity contribution in [2.45, 2.75) is 43.5 Å². The highest BCUT2D eigenvalue weighted by Gasteiger charge is 2.26. The molecule has 0 fully saturated rings. The summed E-state index contributed by atoms with van der Waals surface area (Å²) in [4.78, 5) is 12.8. The lowest BCUT2D eigenvalue weighted by atomic mass is 10.1. The lowest BCUT2D eigenvalue weighted by molar-refractivity contribution is -0.122. The molecule has 0 spiro atoms. The van der Waals surface area contributed by atoms with E-state index in [1.165, 1.54) is 19.2 Å². The summed E-state index contributed by atoms with van der Waals surface area (Å²) in [5.41, 5.74) is 0.883. The van der Waals surface area contributed by atoms with Gasteiger partial charge in [-0.05, 0) is 42.7 Å². The molecule has 7 heteroatoms. The van der Waals surface area contributed by atoms with Crippen LogP contribution in [-0.4, -0.2) is 34.0 Å². The molecule has 1 amide bonds. The second-order valence-electron chi connectivity index (χ2n) is 6.54. The fraction of sp³-hybridized carbons (Fsp3) is 0.381. The quantitative estimate of drug-likeness (QED) is 0.564. The summed E-state index contributed by atoms with van der Waals surface area (Å²) in [6, 6.07) is 14.5. The maximum atomic E-state index is 12.8. The van der Waals surface area contributed by atoms with Gasteiger partial charge >= 0.3 is 0 Å². The largest absolute Gasteiger partial charge is 0.497 e. The second-order valence-corrected chi connectivity index (χ2v) is 8.25. The van der Waals surface area contributed by atoms with Crippen molar-refractivity contribution in [2.75, 3.05) is 13.7 Å². The highest BCUT2D eigenvalue weighted by Crippen LogP contribution is 2.16. The Labute approximate surface area is 167 Å². The van der Waals surface area contributed by atoms with Gasteiger partial charge in [0.05, 0.1) is 12.0 Å². The smallest absolute Gasteiger partial charge is 0.241 e. The molecule has 0 saturated heterocycles. The normalized spacial score (nSPS) is 12.4. The first-order chi connectivity index (χ1) is 13.5. The van der Waals surface area contributed by atoms with Gasteiger partial charge in [0.1, 0.15) is 11.8 Å². The zero-order valence-corrected chi connectivity index (χ0v) is 17.2. The van der Waals surface area contributed by atoms with Crippen LogP contribution in [0.3, 0.4) is 0 Å². The van der Waals surface area contributed by atoms with Crippen LogP contribution in [0.15, 0.2) is 59.5 Å². The minimum absolute atomic E-state index is 0.0881. The van der Waals surface area contributed by atoms with E-state index in [-0.39, 0.29) is 17.2 Å². The summed E-state index contributed by atoms with van der Waals surface area (Å²) in [6.07, 6.45) is 3.20. The molecule has 0 heterocycles. The van der Waals surface area contributed by atoms with Gasteiger partial charge in [-0.1, -0.05) is 50.1 Å². The van der Waals surface area contributed by atoms with E-state index >= 15 is 0 Å². The first-order valence-corrected chi connectivity index (χ1v) is 10.9. The van der Waals surface area contributed by atoms with E-state index in [9.17, 15) is 13.2 Å². The molecule has 0 aliphatic carbocycles. The number of sulfonamides is 1. The van der Waals surface area contributed by atoms with Crippen molar-refractivity contribution in [2.24, 2.45) is 0 Å². The van der Waals surface area contributed by atoms with Crippen molar-refractivity contribution in [3.05, 3.63) is 60.2 Å². The van der Waals surface area contributed by atoms with Crippen LogP contribution in [0.1, 0.15) is 31.7 Å². The molecule has 0 bridgehead atoms. The molecular weight excluding hydrogens is 376 g/mol. The van der Waals surface area contributed by atoms with Crippen LogP contribution in [-0.2, 0) is 21.2 Å². The average molecular weight is 405 g/mol. The number of ether oxygens (including phenoxy) is 1. The summed E-state index contributed by atoms with van der Waals surface area (Å²) in [6.45, 7) is 2.62. The Morgan fingerprint density at radius 1 is 1.04 bits per heavy atom. The predicted octanol–water partition coefficient (Wildman–Crippen LogP) is 2.89. The third kappa shape index (κ3) is 6.65. The molecule has 0 aliphatic rings. The summed E-state index contributed by atoms with van der Waals surface area (Å²) >= 11 is 0. The number of rotatable bonds is 11. The molecule has 6 nitrogen and oxygen atoms in total. The first-order valence-electron chi connectivity index (χ1n) is 9.44. The molecular formula is C21H28N2O4S. The van der Waals surface area contributed by atoms with E-state index < -0.39 is 16.1 Å². The lowest BCUT2D eigenvalue weighted by Gasteiger charge is -2.19. The highest BCUT2D eigenvalue weighted by molar-refractivity contribution is 7.89. The molecule has 2 rings (SSSR count). The Morgan fingerprint density at radius 2 is 1.71 bits per heavy atom. The predicted molar refractivity (Wildman–Crippen MR) is 110 cm³/mol. The SMILES string of the molecule is CCCCCNC(=O)C(Cc1ccccc1)NS(=O)(=O)c1ccc(OC)cc1. The summed E-state index contributed by atoms with van der Waals surface area (Å²) in [7, 11) is -2.34. The van der Waals surface area contributed by atoms with Crippen molar-refractivity contribution < 1.29 is 17.9 Å². The molecule has 2 aromatic rings. The summed E-state index contributed by atoms with van der Waals surface area (Å²) in [5.74, 6) is 0.241. The standard InChI is InChI=1S/C21H28N2O4S/c1-3-4-8-15-22-21(24)20(16-17-9-6-5-7-10-17)23-28(25,26)19-13-11-18(27-2)12-14-19/h5-7,9-14,20,23H,3-4,8,15-16H2,1-2H3,(H,22,24). The van der Waals surface area contributed by atoms with E-state index in [0.717, 1.165) is 24.8 Å². The number of methoxy groups -OCH3 is 1. The van der Waals surface area contributed by atoms with Crippen LogP contribution in [0.4, 0.5) is 0 Å². The van der Waals surface area contributed by atoms with Gasteiger partial charge in [0.2, 0.25) is 15.9 Å². The molecule has 1 unspecified atom stereocenters. The van der Waals surface area contributed by atoms with E-state index in [1.54, 1.807) is 12.1 Å². The number of hydrogen-bond donors (Lipinski definition) is 2. The molecule has 28 heavy (non-hydrogen) atoms. The van der Waals surface area contributed by atoms with E-state index in [1.807, 2.05) is 30.3 Å². The third-order valence-corrected chi connectivity index (χ3v) is 5.83. The number of amides is 1. The van der Waals surface area contributed by atoms with Crippen LogP contribution in [0.25, 0.3) is 0 Å². The summed E-state index contributed by atoms with van der Waals surface area (Å²) in [5, 5.41) is 2.84. The van der Waals surface area contributed by atoms with E-state index in [4.69, 9.17) is 4.74 Å². The molecule has 0 aliphatic heterocycles. The highest BCUT2D eigenvalue weighted by atomic mass is 32.2. The van der Waals surface area contributed by atoms with Gasteiger partial charge < -0.3 is 10.1 Å². The average Bonchev–Trinajstić information content (AvgIpc) is 2.71. The van der Waals surface area contributed by atoms with Crippen molar-refractivity contribution in [1.29, 1.82) is 0 Å². The van der Waals surface area contributed by atoms with Crippen molar-refractivity contribution in [1.82, 2.24) is 10.0 Å². The number of carbonyl (C=O) groups excluding carboxylic acids is 1. The topological polar surface area (TPSA) is 84.5 Å². The zero-order chi connectivity index (χ0) is 20.4. The van der Waals surface area contributed by atoms with Crippen LogP contribution >= 0.6 is 0 Å². The Morgan fingerprint density at radius 3 is 2.32 bits per heavy atom. The summed E-state index contributed by atoms with van der Waals surface area (Å²) < 4.78 is 33.2. The Hall–Kier alpha value is -2.38. The van der Waals surface area contributed by atoms with Gasteiger partial charge in [0.15, 0.2) is 0 Å². The van der Waals surface area contributed by atoms with Crippen molar-refractivity contribution in [3.8, 4) is 5.75 Å². The van der Waals surface area contributed by atoms with Gasteiger partial charge in [0, 0.05) is 6.54 Å². The van der Waals surface area contributed by atoms with E-state index in [2.05, 4.69) is 17.0 Å². The molecule has 2 aromatic carbocycles. The Kier molecular flexibility index (Phi) is 8.47. The van der Waals surface area contributed by atoms with Crippen molar-refractivity contribution >= 4 is 15.9 Å².